The van der Waals surface area contributed by atoms with Crippen molar-refractivity contribution in [2.24, 2.45) is 5.92 Å². The van der Waals surface area contributed by atoms with Gasteiger partial charge in [-0.2, -0.15) is 0 Å². The molecule has 0 unspecified atom stereocenters. The predicted molar refractivity (Wildman–Crippen MR) is 132 cm³/mol. The molecule has 186 valence electrons. The van der Waals surface area contributed by atoms with Crippen LogP contribution < -0.4 is 15.4 Å². The van der Waals surface area contributed by atoms with Crippen molar-refractivity contribution in [1.29, 1.82) is 0 Å². The highest BCUT2D eigenvalue weighted by molar-refractivity contribution is 6.30. The normalized spacial score (nSPS) is 20.6. The number of morpholine rings is 1. The zero-order chi connectivity index (χ0) is 24.8. The summed E-state index contributed by atoms with van der Waals surface area (Å²) in [7, 11) is 1.51. The number of nitrogens with one attached hydrogen (secondary N) is 2. The minimum Gasteiger partial charge on any atom is -0.497 e. The summed E-state index contributed by atoms with van der Waals surface area (Å²) in [6.07, 6.45) is 5.34. The third-order valence-corrected chi connectivity index (χ3v) is 6.69. The molecule has 2 N–H and O–H groups in total. The fourth-order valence-electron chi connectivity index (χ4n) is 4.59. The first-order valence-electron chi connectivity index (χ1n) is 11.7. The topological polar surface area (TPSA) is 110 Å². The summed E-state index contributed by atoms with van der Waals surface area (Å²) in [6.45, 7) is 1.29. The first-order valence-corrected chi connectivity index (χ1v) is 12.1. The number of carbonyl (C=O) groups is 3. The Morgan fingerprint density at radius 1 is 1.14 bits per heavy atom. The minimum atomic E-state index is -0.430. The van der Waals surface area contributed by atoms with Gasteiger partial charge < -0.3 is 25.0 Å². The lowest BCUT2D eigenvalue weighted by atomic mass is 9.98. The molecule has 0 spiro atoms. The Morgan fingerprint density at radius 2 is 2.00 bits per heavy atom. The van der Waals surface area contributed by atoms with E-state index in [0.29, 0.717) is 41.8 Å². The van der Waals surface area contributed by atoms with Crippen LogP contribution in [0, 0.1) is 5.92 Å². The second-order valence-electron chi connectivity index (χ2n) is 8.72. The molecular weight excluding hydrogens is 472 g/mol. The highest BCUT2D eigenvalue weighted by Gasteiger charge is 2.31. The Morgan fingerprint density at radius 3 is 2.74 bits per heavy atom. The smallest absolute Gasteiger partial charge is 0.259 e. The van der Waals surface area contributed by atoms with E-state index in [9.17, 15) is 14.4 Å². The van der Waals surface area contributed by atoms with Crippen molar-refractivity contribution >= 4 is 40.8 Å². The van der Waals surface area contributed by atoms with Crippen molar-refractivity contribution in [2.75, 3.05) is 37.5 Å². The largest absolute Gasteiger partial charge is 0.497 e. The van der Waals surface area contributed by atoms with Crippen molar-refractivity contribution in [3.05, 3.63) is 47.1 Å². The second kappa shape index (κ2) is 11.5. The molecule has 1 aliphatic carbocycles. The van der Waals surface area contributed by atoms with Crippen LogP contribution >= 0.6 is 11.6 Å². The number of halogens is 1. The number of pyridine rings is 1. The van der Waals surface area contributed by atoms with Gasteiger partial charge in [-0.05, 0) is 56.0 Å². The van der Waals surface area contributed by atoms with Gasteiger partial charge in [0.05, 0.1) is 30.0 Å². The summed E-state index contributed by atoms with van der Waals surface area (Å²) in [4.78, 5) is 44.4. The molecule has 1 aromatic carbocycles. The maximum absolute atomic E-state index is 13.2. The molecule has 1 aliphatic heterocycles. The van der Waals surface area contributed by atoms with Crippen LogP contribution in [0.5, 0.6) is 5.75 Å². The summed E-state index contributed by atoms with van der Waals surface area (Å²) >= 11 is 5.87. The number of methoxy groups -OCH3 is 1. The fraction of sp³-hybridized carbons (Fsp3) is 0.440. The average Bonchev–Trinajstić information content (AvgIpc) is 3.12. The molecule has 1 saturated carbocycles. The summed E-state index contributed by atoms with van der Waals surface area (Å²) in [5.74, 6) is 0.0838. The number of amides is 3. The standard InChI is InChI=1S/C25H29ClN4O5/c1-34-19-8-9-21(20(13-19)25(33)29-22-10-6-17(26)14-27-22)28-24(32)16-3-2-4-18(7-5-16)30-11-12-35-15-23(30)31/h6,8-10,13-14,16,18H,2-5,7,11-12,15H2,1H3,(H,28,32)(H,27,29,33)/t16-,18-/m1/s1. The van der Waals surface area contributed by atoms with Gasteiger partial charge in [0.2, 0.25) is 11.8 Å². The van der Waals surface area contributed by atoms with Gasteiger partial charge in [-0.25, -0.2) is 4.98 Å². The molecule has 4 rings (SSSR count). The summed E-state index contributed by atoms with van der Waals surface area (Å²) in [5.41, 5.74) is 0.659. The van der Waals surface area contributed by atoms with E-state index in [-0.39, 0.29) is 35.9 Å². The molecule has 10 heteroatoms. The molecule has 35 heavy (non-hydrogen) atoms. The SMILES string of the molecule is COc1ccc(NC(=O)[C@@H]2CCC[C@@H](N3CCOCC3=O)CC2)c(C(=O)Nc2ccc(Cl)cn2)c1. The Labute approximate surface area is 209 Å². The van der Waals surface area contributed by atoms with Gasteiger partial charge in [-0.15, -0.1) is 0 Å². The predicted octanol–water partition coefficient (Wildman–Crippen LogP) is 3.74. The highest BCUT2D eigenvalue weighted by atomic mass is 35.5. The molecule has 3 amide bonds. The first-order chi connectivity index (χ1) is 16.9. The first kappa shape index (κ1) is 24.9. The van der Waals surface area contributed by atoms with Gasteiger partial charge in [0.15, 0.2) is 0 Å². The third-order valence-electron chi connectivity index (χ3n) is 6.47. The Hall–Kier alpha value is -3.17. The van der Waals surface area contributed by atoms with Gasteiger partial charge in [0.25, 0.3) is 5.91 Å². The van der Waals surface area contributed by atoms with E-state index in [4.69, 9.17) is 21.1 Å². The number of carbonyl (C=O) groups excluding carboxylic acids is 3. The number of hydrogen-bond acceptors (Lipinski definition) is 6. The van der Waals surface area contributed by atoms with Gasteiger partial charge in [-0.3, -0.25) is 14.4 Å². The molecule has 2 aromatic rings. The van der Waals surface area contributed by atoms with Gasteiger partial charge in [-0.1, -0.05) is 18.0 Å². The zero-order valence-corrected chi connectivity index (χ0v) is 20.3. The maximum Gasteiger partial charge on any atom is 0.259 e. The number of ether oxygens (including phenoxy) is 2. The fourth-order valence-corrected chi connectivity index (χ4v) is 4.70. The van der Waals surface area contributed by atoms with E-state index in [1.807, 2.05) is 4.90 Å². The second-order valence-corrected chi connectivity index (χ2v) is 9.15. The summed E-state index contributed by atoms with van der Waals surface area (Å²) in [5, 5.41) is 6.12. The van der Waals surface area contributed by atoms with Gasteiger partial charge in [0.1, 0.15) is 18.2 Å². The van der Waals surface area contributed by atoms with E-state index < -0.39 is 5.91 Å². The van der Waals surface area contributed by atoms with Crippen LogP contribution in [0.15, 0.2) is 36.5 Å². The van der Waals surface area contributed by atoms with Crippen LogP contribution in [-0.2, 0) is 14.3 Å². The molecular formula is C25H29ClN4O5. The van der Waals surface area contributed by atoms with Crippen molar-refractivity contribution < 1.29 is 23.9 Å². The van der Waals surface area contributed by atoms with E-state index in [0.717, 1.165) is 25.7 Å². The van der Waals surface area contributed by atoms with E-state index in [2.05, 4.69) is 15.6 Å². The zero-order valence-electron chi connectivity index (χ0n) is 19.6. The summed E-state index contributed by atoms with van der Waals surface area (Å²) < 4.78 is 10.5. The molecule has 2 heterocycles. The van der Waals surface area contributed by atoms with Crippen LogP contribution in [-0.4, -0.2) is 60.5 Å². The van der Waals surface area contributed by atoms with E-state index >= 15 is 0 Å². The highest BCUT2D eigenvalue weighted by Crippen LogP contribution is 2.30. The lowest BCUT2D eigenvalue weighted by Gasteiger charge is -2.34. The quantitative estimate of drug-likeness (QED) is 0.585. The van der Waals surface area contributed by atoms with Gasteiger partial charge in [0, 0.05) is 24.7 Å². The molecule has 2 fully saturated rings. The third kappa shape index (κ3) is 6.29. The van der Waals surface area contributed by atoms with Crippen LogP contribution in [0.1, 0.15) is 42.5 Å². The monoisotopic (exact) mass is 500 g/mol. The summed E-state index contributed by atoms with van der Waals surface area (Å²) in [6, 6.07) is 8.29. The van der Waals surface area contributed by atoms with Crippen LogP contribution in [0.25, 0.3) is 0 Å². The average molecular weight is 501 g/mol. The number of rotatable bonds is 6. The maximum atomic E-state index is 13.2. The lowest BCUT2D eigenvalue weighted by Crippen LogP contribution is -2.47. The van der Waals surface area contributed by atoms with Crippen molar-refractivity contribution in [3.63, 3.8) is 0 Å². The number of nitrogens with zero attached hydrogens (tertiary/aromatic N) is 2. The molecule has 2 atom stereocenters. The van der Waals surface area contributed by atoms with Crippen LogP contribution in [0.4, 0.5) is 11.5 Å². The van der Waals surface area contributed by atoms with Crippen LogP contribution in [0.3, 0.4) is 0 Å². The van der Waals surface area contributed by atoms with E-state index in [1.54, 1.807) is 30.3 Å². The number of benzene rings is 1. The van der Waals surface area contributed by atoms with Crippen LogP contribution in [0.2, 0.25) is 5.02 Å². The minimum absolute atomic E-state index is 0.0215. The Balaban J connectivity index is 1.44. The molecule has 2 aliphatic rings. The number of aromatic nitrogens is 1. The van der Waals surface area contributed by atoms with Crippen molar-refractivity contribution in [2.45, 2.75) is 38.1 Å². The van der Waals surface area contributed by atoms with Crippen molar-refractivity contribution in [1.82, 2.24) is 9.88 Å². The Kier molecular flexibility index (Phi) is 8.20. The molecule has 1 aromatic heterocycles. The number of anilines is 2. The molecule has 9 nitrogen and oxygen atoms in total. The van der Waals surface area contributed by atoms with Crippen molar-refractivity contribution in [3.8, 4) is 5.75 Å². The number of hydrogen-bond donors (Lipinski definition) is 2. The van der Waals surface area contributed by atoms with Gasteiger partial charge >= 0.3 is 0 Å². The Bertz CT molecular complexity index is 1080. The lowest BCUT2D eigenvalue weighted by molar-refractivity contribution is -0.146. The molecule has 0 bridgehead atoms. The van der Waals surface area contributed by atoms with E-state index in [1.165, 1.54) is 13.3 Å². The molecule has 1 saturated heterocycles. The molecule has 0 radical (unpaired) electrons.